The van der Waals surface area contributed by atoms with Crippen molar-refractivity contribution in [1.29, 1.82) is 0 Å². The van der Waals surface area contributed by atoms with Crippen LogP contribution in [0.25, 0.3) is 0 Å². The number of carbonyl (C=O) groups excluding carboxylic acids is 1. The summed E-state index contributed by atoms with van der Waals surface area (Å²) in [4.78, 5) is 21.6. The van der Waals surface area contributed by atoms with Crippen LogP contribution in [0.1, 0.15) is 6.42 Å². The summed E-state index contributed by atoms with van der Waals surface area (Å²) in [5.41, 5.74) is -0.184. The summed E-state index contributed by atoms with van der Waals surface area (Å²) in [5, 5.41) is 8.49. The van der Waals surface area contributed by atoms with E-state index in [0.29, 0.717) is 5.75 Å². The Bertz CT molecular complexity index is 381. The van der Waals surface area contributed by atoms with E-state index in [4.69, 9.17) is 9.84 Å². The molecule has 78 valence electrons. The van der Waals surface area contributed by atoms with Gasteiger partial charge in [-0.05, 0) is 12.1 Å². The number of carboxylic acid groups (broad SMARTS) is 1. The number of hydrogen-bond donors (Lipinski definition) is 1. The van der Waals surface area contributed by atoms with Crippen molar-refractivity contribution in [2.75, 3.05) is 0 Å². The molecule has 4 heteroatoms. The van der Waals surface area contributed by atoms with E-state index in [1.54, 1.807) is 30.3 Å². The molecule has 1 N–H and O–H groups in total. The molecule has 0 aliphatic rings. The predicted octanol–water partition coefficient (Wildman–Crippen LogP) is 1.62. The average Bonchev–Trinajstić information content (AvgIpc) is 2.18. The van der Waals surface area contributed by atoms with Crippen molar-refractivity contribution in [3.8, 4) is 5.75 Å². The molecule has 0 saturated heterocycles. The molecule has 0 spiro atoms. The molecule has 0 atom stereocenters. The lowest BCUT2D eigenvalue weighted by atomic mass is 10.2. The van der Waals surface area contributed by atoms with Crippen LogP contribution in [0.3, 0.4) is 0 Å². The van der Waals surface area contributed by atoms with Gasteiger partial charge in [-0.1, -0.05) is 24.8 Å². The highest BCUT2D eigenvalue weighted by molar-refractivity contribution is 5.92. The van der Waals surface area contributed by atoms with Gasteiger partial charge in [-0.3, -0.25) is 4.79 Å². The van der Waals surface area contributed by atoms with Gasteiger partial charge in [-0.25, -0.2) is 4.79 Å². The number of para-hydroxylation sites is 1. The van der Waals surface area contributed by atoms with Gasteiger partial charge < -0.3 is 9.84 Å². The summed E-state index contributed by atoms with van der Waals surface area (Å²) >= 11 is 0. The first-order chi connectivity index (χ1) is 7.09. The smallest absolute Gasteiger partial charge is 0.331 e. The minimum atomic E-state index is -1.19. The van der Waals surface area contributed by atoms with Crippen molar-refractivity contribution in [2.45, 2.75) is 6.42 Å². The van der Waals surface area contributed by atoms with Crippen LogP contribution >= 0.6 is 0 Å². The normalized spacial score (nSPS) is 9.33. The van der Waals surface area contributed by atoms with E-state index in [1.807, 2.05) is 0 Å². The zero-order valence-corrected chi connectivity index (χ0v) is 7.97. The second kappa shape index (κ2) is 4.95. The number of hydrogen-bond acceptors (Lipinski definition) is 3. The van der Waals surface area contributed by atoms with Crippen LogP contribution in [0.4, 0.5) is 0 Å². The number of rotatable bonds is 4. The second-order valence-electron chi connectivity index (χ2n) is 2.87. The van der Waals surface area contributed by atoms with Gasteiger partial charge in [0.2, 0.25) is 0 Å². The Morgan fingerprint density at radius 2 is 1.87 bits per heavy atom. The fraction of sp³-hybridized carbons (Fsp3) is 0.0909. The molecular weight excluding hydrogens is 196 g/mol. The van der Waals surface area contributed by atoms with Gasteiger partial charge in [-0.2, -0.15) is 0 Å². The van der Waals surface area contributed by atoms with E-state index in [0.717, 1.165) is 0 Å². The zero-order chi connectivity index (χ0) is 11.3. The van der Waals surface area contributed by atoms with Crippen molar-refractivity contribution in [3.05, 3.63) is 42.5 Å². The van der Waals surface area contributed by atoms with Crippen LogP contribution in [0, 0.1) is 0 Å². The molecule has 1 rings (SSSR count). The highest BCUT2D eigenvalue weighted by Gasteiger charge is 2.11. The monoisotopic (exact) mass is 206 g/mol. The van der Waals surface area contributed by atoms with Gasteiger partial charge in [0.25, 0.3) is 0 Å². The summed E-state index contributed by atoms with van der Waals surface area (Å²) in [6, 6.07) is 8.44. The molecule has 0 fully saturated rings. The first kappa shape index (κ1) is 11.0. The van der Waals surface area contributed by atoms with Crippen molar-refractivity contribution in [3.63, 3.8) is 0 Å². The Kier molecular flexibility index (Phi) is 3.62. The van der Waals surface area contributed by atoms with Crippen LogP contribution in [-0.4, -0.2) is 17.0 Å². The summed E-state index contributed by atoms with van der Waals surface area (Å²) in [6.45, 7) is 3.24. The first-order valence-corrected chi connectivity index (χ1v) is 4.26. The van der Waals surface area contributed by atoms with Gasteiger partial charge >= 0.3 is 11.9 Å². The summed E-state index contributed by atoms with van der Waals surface area (Å²) in [5.74, 6) is -1.44. The van der Waals surface area contributed by atoms with Crippen LogP contribution in [-0.2, 0) is 9.59 Å². The Balaban J connectivity index is 2.51. The molecule has 1 aromatic rings. The van der Waals surface area contributed by atoms with E-state index >= 15 is 0 Å². The van der Waals surface area contributed by atoms with Gasteiger partial charge in [0.05, 0.1) is 6.42 Å². The van der Waals surface area contributed by atoms with E-state index in [2.05, 4.69) is 6.58 Å². The molecule has 15 heavy (non-hydrogen) atoms. The summed E-state index contributed by atoms with van der Waals surface area (Å²) < 4.78 is 4.87. The third-order valence-electron chi connectivity index (χ3n) is 1.64. The van der Waals surface area contributed by atoms with Crippen LogP contribution in [0.15, 0.2) is 42.5 Å². The third-order valence-corrected chi connectivity index (χ3v) is 1.64. The predicted molar refractivity (Wildman–Crippen MR) is 53.5 cm³/mol. The summed E-state index contributed by atoms with van der Waals surface area (Å²) in [6.07, 6.45) is -0.315. The third kappa shape index (κ3) is 3.64. The van der Waals surface area contributed by atoms with Crippen molar-refractivity contribution >= 4 is 11.9 Å². The minimum absolute atomic E-state index is 0.184. The lowest BCUT2D eigenvalue weighted by Crippen LogP contribution is -2.12. The number of ether oxygens (including phenoxy) is 1. The maximum atomic E-state index is 11.2. The molecule has 0 aliphatic carbocycles. The van der Waals surface area contributed by atoms with Gasteiger partial charge in [-0.15, -0.1) is 0 Å². The van der Waals surface area contributed by atoms with Crippen LogP contribution in [0.5, 0.6) is 5.75 Å². The largest absolute Gasteiger partial charge is 0.478 e. The van der Waals surface area contributed by atoms with Crippen molar-refractivity contribution < 1.29 is 19.4 Å². The molecule has 0 aromatic heterocycles. The molecule has 0 heterocycles. The molecule has 4 nitrogen and oxygen atoms in total. The van der Waals surface area contributed by atoms with Crippen molar-refractivity contribution in [1.82, 2.24) is 0 Å². The van der Waals surface area contributed by atoms with E-state index in [-0.39, 0.29) is 12.0 Å². The van der Waals surface area contributed by atoms with Crippen LogP contribution in [0.2, 0.25) is 0 Å². The van der Waals surface area contributed by atoms with Gasteiger partial charge in [0, 0.05) is 5.57 Å². The van der Waals surface area contributed by atoms with Crippen LogP contribution < -0.4 is 4.74 Å². The first-order valence-electron chi connectivity index (χ1n) is 4.26. The SMILES string of the molecule is C=C(CC(=O)Oc1ccccc1)C(=O)O. The Morgan fingerprint density at radius 3 is 2.40 bits per heavy atom. The molecule has 0 aliphatic heterocycles. The number of esters is 1. The van der Waals surface area contributed by atoms with Gasteiger partial charge in [0.1, 0.15) is 5.75 Å². The number of aliphatic carboxylic acids is 1. The topological polar surface area (TPSA) is 63.6 Å². The Morgan fingerprint density at radius 1 is 1.27 bits per heavy atom. The molecule has 0 bridgehead atoms. The van der Waals surface area contributed by atoms with E-state index < -0.39 is 11.9 Å². The molecule has 0 saturated carbocycles. The van der Waals surface area contributed by atoms with E-state index in [1.165, 1.54) is 0 Å². The fourth-order valence-electron chi connectivity index (χ4n) is 0.906. The van der Waals surface area contributed by atoms with Gasteiger partial charge in [0.15, 0.2) is 0 Å². The lowest BCUT2D eigenvalue weighted by Gasteiger charge is -2.03. The lowest BCUT2D eigenvalue weighted by molar-refractivity contribution is -0.138. The molecule has 0 unspecified atom stereocenters. The fourth-order valence-corrected chi connectivity index (χ4v) is 0.906. The molecule has 1 aromatic carbocycles. The number of carboxylic acids is 1. The minimum Gasteiger partial charge on any atom is -0.478 e. The standard InChI is InChI=1S/C11H10O4/c1-8(11(13)14)7-10(12)15-9-5-3-2-4-6-9/h2-6H,1,7H2,(H,13,14). The molecular formula is C11H10O4. The quantitative estimate of drug-likeness (QED) is 0.462. The summed E-state index contributed by atoms with van der Waals surface area (Å²) in [7, 11) is 0. The Labute approximate surface area is 86.8 Å². The maximum absolute atomic E-state index is 11.2. The number of carbonyl (C=O) groups is 2. The average molecular weight is 206 g/mol. The number of benzene rings is 1. The molecule has 0 radical (unpaired) electrons. The highest BCUT2D eigenvalue weighted by atomic mass is 16.5. The Hall–Kier alpha value is -2.10. The highest BCUT2D eigenvalue weighted by Crippen LogP contribution is 2.10. The second-order valence-corrected chi connectivity index (χ2v) is 2.87. The van der Waals surface area contributed by atoms with E-state index in [9.17, 15) is 9.59 Å². The van der Waals surface area contributed by atoms with Crippen molar-refractivity contribution in [2.24, 2.45) is 0 Å². The zero-order valence-electron chi connectivity index (χ0n) is 7.97. The maximum Gasteiger partial charge on any atom is 0.331 e. The molecule has 0 amide bonds.